The van der Waals surface area contributed by atoms with Gasteiger partial charge in [0.2, 0.25) is 0 Å². The van der Waals surface area contributed by atoms with Gasteiger partial charge in [0.25, 0.3) is 5.91 Å². The average Bonchev–Trinajstić information content (AvgIpc) is 2.60. The number of rotatable bonds is 7. The highest BCUT2D eigenvalue weighted by Gasteiger charge is 2.31. The lowest BCUT2D eigenvalue weighted by Gasteiger charge is -2.33. The summed E-state index contributed by atoms with van der Waals surface area (Å²) in [4.78, 5) is 30.4. The molecule has 0 saturated heterocycles. The lowest BCUT2D eigenvalue weighted by Crippen LogP contribution is -2.44. The zero-order valence-corrected chi connectivity index (χ0v) is 14.1. The number of nitrogens with zero attached hydrogens (tertiary/aromatic N) is 2. The number of carbonyl (C=O) groups is 2. The van der Waals surface area contributed by atoms with E-state index in [1.807, 2.05) is 37.3 Å². The van der Waals surface area contributed by atoms with Crippen LogP contribution in [-0.2, 0) is 6.42 Å². The van der Waals surface area contributed by atoms with E-state index in [1.165, 1.54) is 0 Å². The second-order valence-corrected chi connectivity index (χ2v) is 6.27. The van der Waals surface area contributed by atoms with Gasteiger partial charge in [0.05, 0.1) is 18.5 Å². The summed E-state index contributed by atoms with van der Waals surface area (Å²) in [5, 5.41) is 21.7. The SMILES string of the molecule is CC(O)C(C)(CNC(=O)c1cnc(C(=O)O)cn1)Cc1ccccc1. The molecular formula is C18H21N3O4. The fourth-order valence-corrected chi connectivity index (χ4v) is 2.35. The number of carboxylic acid groups (broad SMARTS) is 1. The van der Waals surface area contributed by atoms with Gasteiger partial charge in [-0.05, 0) is 18.9 Å². The maximum absolute atomic E-state index is 12.2. The summed E-state index contributed by atoms with van der Waals surface area (Å²) >= 11 is 0. The van der Waals surface area contributed by atoms with Gasteiger partial charge in [0.15, 0.2) is 5.69 Å². The van der Waals surface area contributed by atoms with Crippen molar-refractivity contribution in [1.29, 1.82) is 0 Å². The standard InChI is InChI=1S/C18H21N3O4/c1-12(22)18(2,8-13-6-4-3-5-7-13)11-21-16(23)14-9-20-15(10-19-14)17(24)25/h3-7,9-10,12,22H,8,11H2,1-2H3,(H,21,23)(H,24,25). The molecule has 132 valence electrons. The Labute approximate surface area is 145 Å². The van der Waals surface area contributed by atoms with E-state index in [1.54, 1.807) is 6.92 Å². The van der Waals surface area contributed by atoms with Gasteiger partial charge in [-0.15, -0.1) is 0 Å². The molecule has 0 spiro atoms. The molecule has 1 heterocycles. The zero-order valence-electron chi connectivity index (χ0n) is 14.1. The van der Waals surface area contributed by atoms with E-state index in [2.05, 4.69) is 15.3 Å². The molecular weight excluding hydrogens is 322 g/mol. The number of hydrogen-bond donors (Lipinski definition) is 3. The number of benzene rings is 1. The molecule has 2 unspecified atom stereocenters. The van der Waals surface area contributed by atoms with Gasteiger partial charge in [-0.2, -0.15) is 0 Å². The zero-order chi connectivity index (χ0) is 18.4. The second-order valence-electron chi connectivity index (χ2n) is 6.27. The van der Waals surface area contributed by atoms with Crippen LogP contribution in [0.2, 0.25) is 0 Å². The van der Waals surface area contributed by atoms with Crippen LogP contribution in [0.4, 0.5) is 0 Å². The minimum Gasteiger partial charge on any atom is -0.476 e. The molecule has 7 nitrogen and oxygen atoms in total. The Morgan fingerprint density at radius 1 is 1.16 bits per heavy atom. The molecule has 1 aromatic carbocycles. The molecule has 0 aliphatic carbocycles. The molecule has 0 radical (unpaired) electrons. The molecule has 7 heteroatoms. The van der Waals surface area contributed by atoms with Crippen LogP contribution in [-0.4, -0.2) is 44.7 Å². The predicted molar refractivity (Wildman–Crippen MR) is 91.3 cm³/mol. The van der Waals surface area contributed by atoms with Crippen molar-refractivity contribution in [1.82, 2.24) is 15.3 Å². The van der Waals surface area contributed by atoms with E-state index in [-0.39, 0.29) is 17.9 Å². The first-order chi connectivity index (χ1) is 11.8. The molecule has 2 atom stereocenters. The third kappa shape index (κ3) is 4.84. The van der Waals surface area contributed by atoms with Crippen LogP contribution in [0.3, 0.4) is 0 Å². The smallest absolute Gasteiger partial charge is 0.356 e. The Balaban J connectivity index is 2.04. The Kier molecular flexibility index (Phi) is 5.82. The fraction of sp³-hybridized carbons (Fsp3) is 0.333. The summed E-state index contributed by atoms with van der Waals surface area (Å²) in [6, 6.07) is 9.72. The molecule has 3 N–H and O–H groups in total. The molecule has 1 aromatic heterocycles. The number of aromatic carboxylic acids is 1. The lowest BCUT2D eigenvalue weighted by atomic mass is 9.79. The highest BCUT2D eigenvalue weighted by Crippen LogP contribution is 2.26. The fourth-order valence-electron chi connectivity index (χ4n) is 2.35. The highest BCUT2D eigenvalue weighted by atomic mass is 16.4. The van der Waals surface area contributed by atoms with E-state index < -0.39 is 23.4 Å². The topological polar surface area (TPSA) is 112 Å². The van der Waals surface area contributed by atoms with Gasteiger partial charge in [-0.1, -0.05) is 37.3 Å². The van der Waals surface area contributed by atoms with E-state index in [9.17, 15) is 14.7 Å². The van der Waals surface area contributed by atoms with E-state index in [4.69, 9.17) is 5.11 Å². The number of carbonyl (C=O) groups excluding carboxylic acids is 1. The van der Waals surface area contributed by atoms with E-state index >= 15 is 0 Å². The Morgan fingerprint density at radius 2 is 1.76 bits per heavy atom. The minimum atomic E-state index is -1.20. The van der Waals surface area contributed by atoms with Crippen molar-refractivity contribution in [3.05, 3.63) is 59.7 Å². The quantitative estimate of drug-likeness (QED) is 0.703. The van der Waals surface area contributed by atoms with Gasteiger partial charge in [0, 0.05) is 12.0 Å². The summed E-state index contributed by atoms with van der Waals surface area (Å²) < 4.78 is 0. The molecule has 25 heavy (non-hydrogen) atoms. The molecule has 0 aliphatic rings. The Morgan fingerprint density at radius 3 is 2.28 bits per heavy atom. The van der Waals surface area contributed by atoms with Gasteiger partial charge in [-0.25, -0.2) is 14.8 Å². The predicted octanol–water partition coefficient (Wildman–Crippen LogP) is 1.53. The van der Waals surface area contributed by atoms with Crippen molar-refractivity contribution < 1.29 is 19.8 Å². The van der Waals surface area contributed by atoms with Crippen molar-refractivity contribution in [3.63, 3.8) is 0 Å². The summed E-state index contributed by atoms with van der Waals surface area (Å²) in [7, 11) is 0. The minimum absolute atomic E-state index is 0.0256. The van der Waals surface area contributed by atoms with E-state index in [0.717, 1.165) is 18.0 Å². The Bertz CT molecular complexity index is 732. The molecule has 2 rings (SSSR count). The lowest BCUT2D eigenvalue weighted by molar-refractivity contribution is 0.0499. The maximum Gasteiger partial charge on any atom is 0.356 e. The number of amides is 1. The summed E-state index contributed by atoms with van der Waals surface area (Å²) in [6.07, 6.45) is 2.11. The highest BCUT2D eigenvalue weighted by molar-refractivity contribution is 5.92. The number of nitrogens with one attached hydrogen (secondary N) is 1. The van der Waals surface area contributed by atoms with E-state index in [0.29, 0.717) is 6.42 Å². The number of aliphatic hydroxyl groups is 1. The van der Waals surface area contributed by atoms with Crippen molar-refractivity contribution in [2.45, 2.75) is 26.4 Å². The monoisotopic (exact) mass is 343 g/mol. The largest absolute Gasteiger partial charge is 0.476 e. The van der Waals surface area contributed by atoms with Crippen LogP contribution in [0.5, 0.6) is 0 Å². The number of carboxylic acids is 1. The van der Waals surface area contributed by atoms with Gasteiger partial charge < -0.3 is 15.5 Å². The number of aromatic nitrogens is 2. The van der Waals surface area contributed by atoms with Crippen LogP contribution >= 0.6 is 0 Å². The third-order valence-corrected chi connectivity index (χ3v) is 4.22. The summed E-state index contributed by atoms with van der Waals surface area (Å²) in [5.41, 5.74) is 0.295. The first kappa shape index (κ1) is 18.5. The molecule has 2 aromatic rings. The first-order valence-electron chi connectivity index (χ1n) is 7.87. The summed E-state index contributed by atoms with van der Waals surface area (Å²) in [5.74, 6) is -1.67. The Hall–Kier alpha value is -2.80. The molecule has 0 saturated carbocycles. The van der Waals surface area contributed by atoms with Crippen LogP contribution < -0.4 is 5.32 Å². The average molecular weight is 343 g/mol. The first-order valence-corrected chi connectivity index (χ1v) is 7.87. The van der Waals surface area contributed by atoms with Crippen LogP contribution in [0.15, 0.2) is 42.7 Å². The van der Waals surface area contributed by atoms with Crippen molar-refractivity contribution in [2.75, 3.05) is 6.54 Å². The van der Waals surface area contributed by atoms with Crippen molar-refractivity contribution >= 4 is 11.9 Å². The third-order valence-electron chi connectivity index (χ3n) is 4.22. The molecule has 0 bridgehead atoms. The van der Waals surface area contributed by atoms with Crippen molar-refractivity contribution in [2.24, 2.45) is 5.41 Å². The van der Waals surface area contributed by atoms with Gasteiger partial charge in [0.1, 0.15) is 5.69 Å². The molecule has 0 aliphatic heterocycles. The van der Waals surface area contributed by atoms with Crippen LogP contribution in [0.1, 0.15) is 40.4 Å². The molecule has 1 amide bonds. The number of aliphatic hydroxyl groups excluding tert-OH is 1. The van der Waals surface area contributed by atoms with Gasteiger partial charge >= 0.3 is 5.97 Å². The molecule has 0 fully saturated rings. The maximum atomic E-state index is 12.2. The second kappa shape index (κ2) is 7.85. The van der Waals surface area contributed by atoms with Crippen molar-refractivity contribution in [3.8, 4) is 0 Å². The van der Waals surface area contributed by atoms with Gasteiger partial charge in [-0.3, -0.25) is 4.79 Å². The van der Waals surface area contributed by atoms with Crippen LogP contribution in [0, 0.1) is 5.41 Å². The summed E-state index contributed by atoms with van der Waals surface area (Å²) in [6.45, 7) is 3.82. The normalized spacial score (nSPS) is 14.4. The number of hydrogen-bond acceptors (Lipinski definition) is 5. The van der Waals surface area contributed by atoms with Crippen LogP contribution in [0.25, 0.3) is 0 Å².